The number of nitrogens with zero attached hydrogens (tertiary/aromatic N) is 2. The van der Waals surface area contributed by atoms with Crippen LogP contribution in [0.2, 0.25) is 5.02 Å². The molecule has 0 saturated carbocycles. The van der Waals surface area contributed by atoms with E-state index in [1.165, 1.54) is 16.5 Å². The monoisotopic (exact) mass is 408 g/mol. The highest BCUT2D eigenvalue weighted by Gasteiger charge is 2.33. The predicted octanol–water partition coefficient (Wildman–Crippen LogP) is 4.36. The Balaban J connectivity index is 2.21. The van der Waals surface area contributed by atoms with Gasteiger partial charge in [0, 0.05) is 18.4 Å². The molecule has 0 spiro atoms. The zero-order valence-corrected chi connectivity index (χ0v) is 16.1. The number of hydrogen-bond acceptors (Lipinski definition) is 4. The second kappa shape index (κ2) is 7.85. The molecule has 0 aliphatic carbocycles. The number of hydrogen-bond donors (Lipinski definition) is 1. The first-order chi connectivity index (χ1) is 13.2. The lowest BCUT2D eigenvalue weighted by atomic mass is 10.1. The Morgan fingerprint density at radius 2 is 1.96 bits per heavy atom. The second-order valence-electron chi connectivity index (χ2n) is 6.41. The number of alkyl halides is 2. The summed E-state index contributed by atoms with van der Waals surface area (Å²) in [4.78, 5) is 16.1. The smallest absolute Gasteiger partial charge is 0.338 e. The number of rotatable bonds is 6. The fraction of sp³-hybridized carbons (Fsp3) is 0.300. The zero-order chi connectivity index (χ0) is 20.5. The number of carbonyl (C=O) groups excluding carboxylic acids is 1. The molecule has 0 saturated heterocycles. The predicted molar refractivity (Wildman–Crippen MR) is 101 cm³/mol. The number of ether oxygens (including phenoxy) is 1. The topological polar surface area (TPSA) is 63.8 Å². The van der Waals surface area contributed by atoms with Crippen LogP contribution in [0.1, 0.15) is 46.9 Å². The van der Waals surface area contributed by atoms with Crippen LogP contribution in [0.5, 0.6) is 0 Å². The fourth-order valence-electron chi connectivity index (χ4n) is 3.07. The van der Waals surface area contributed by atoms with Crippen molar-refractivity contribution in [2.45, 2.75) is 32.8 Å². The minimum atomic E-state index is -3.20. The van der Waals surface area contributed by atoms with Crippen molar-refractivity contribution in [2.75, 3.05) is 6.61 Å². The Labute approximate surface area is 165 Å². The van der Waals surface area contributed by atoms with Gasteiger partial charge in [0.25, 0.3) is 5.92 Å². The molecule has 3 aromatic rings. The molecule has 0 atom stereocenters. The average Bonchev–Trinajstić information content (AvgIpc) is 3.02. The van der Waals surface area contributed by atoms with Crippen LogP contribution in [0, 0.1) is 0 Å². The third-order valence-electron chi connectivity index (χ3n) is 4.27. The molecule has 0 aliphatic rings. The number of halogens is 3. The maximum Gasteiger partial charge on any atom is 0.338 e. The van der Waals surface area contributed by atoms with Crippen LogP contribution in [0.4, 0.5) is 8.78 Å². The molecule has 1 aromatic carbocycles. The standard InChI is InChI=1S/C20H19ClF2N2O3/c1-3-28-19(27)13-9-15(11-26)25-16(8-12-4-6-14(21)7-5-12)18(20(2,22)23)24-17(25)10-13/h4-7,9-10,26H,3,8,11H2,1-2H3. The Kier molecular flexibility index (Phi) is 5.67. The van der Waals surface area contributed by atoms with Gasteiger partial charge in [-0.25, -0.2) is 9.78 Å². The number of carbonyl (C=O) groups is 1. The maximum absolute atomic E-state index is 14.3. The SMILES string of the molecule is CCOC(=O)c1cc(CO)n2c(Cc3ccc(Cl)cc3)c(C(C)(F)F)nc2c1. The first kappa shape index (κ1) is 20.2. The molecule has 0 bridgehead atoms. The van der Waals surface area contributed by atoms with Crippen molar-refractivity contribution in [1.29, 1.82) is 0 Å². The number of fused-ring (bicyclic) bond motifs is 1. The van der Waals surface area contributed by atoms with Gasteiger partial charge in [-0.3, -0.25) is 4.40 Å². The van der Waals surface area contributed by atoms with Gasteiger partial charge in [-0.05, 0) is 36.8 Å². The van der Waals surface area contributed by atoms with Gasteiger partial charge in [0.05, 0.1) is 30.2 Å². The van der Waals surface area contributed by atoms with Gasteiger partial charge < -0.3 is 9.84 Å². The molecule has 0 aliphatic heterocycles. The minimum Gasteiger partial charge on any atom is -0.462 e. The molecule has 2 heterocycles. The van der Waals surface area contributed by atoms with Crippen molar-refractivity contribution in [3.8, 4) is 0 Å². The summed E-state index contributed by atoms with van der Waals surface area (Å²) >= 11 is 5.90. The number of aliphatic hydroxyl groups is 1. The summed E-state index contributed by atoms with van der Waals surface area (Å²) in [5, 5.41) is 10.3. The normalized spacial score (nSPS) is 11.8. The molecule has 3 rings (SSSR count). The first-order valence-corrected chi connectivity index (χ1v) is 9.07. The first-order valence-electron chi connectivity index (χ1n) is 8.69. The summed E-state index contributed by atoms with van der Waals surface area (Å²) < 4.78 is 35.0. The van der Waals surface area contributed by atoms with E-state index in [0.29, 0.717) is 5.02 Å². The van der Waals surface area contributed by atoms with Crippen LogP contribution in [0.3, 0.4) is 0 Å². The van der Waals surface area contributed by atoms with Gasteiger partial charge in [0.2, 0.25) is 0 Å². The second-order valence-corrected chi connectivity index (χ2v) is 6.84. The molecule has 0 radical (unpaired) electrons. The largest absolute Gasteiger partial charge is 0.462 e. The number of aromatic nitrogens is 2. The van der Waals surface area contributed by atoms with Crippen LogP contribution in [-0.2, 0) is 23.7 Å². The van der Waals surface area contributed by atoms with Crippen LogP contribution >= 0.6 is 11.6 Å². The summed E-state index contributed by atoms with van der Waals surface area (Å²) in [5.74, 6) is -3.81. The minimum absolute atomic E-state index is 0.146. The number of pyridine rings is 1. The molecule has 0 fully saturated rings. The average molecular weight is 409 g/mol. The molecule has 5 nitrogen and oxygen atoms in total. The van der Waals surface area contributed by atoms with Crippen LogP contribution in [0.25, 0.3) is 5.65 Å². The zero-order valence-electron chi connectivity index (χ0n) is 15.4. The third kappa shape index (κ3) is 4.00. The van der Waals surface area contributed by atoms with E-state index in [9.17, 15) is 18.7 Å². The van der Waals surface area contributed by atoms with Gasteiger partial charge in [0.1, 0.15) is 11.3 Å². The molecule has 28 heavy (non-hydrogen) atoms. The van der Waals surface area contributed by atoms with Gasteiger partial charge in [-0.1, -0.05) is 23.7 Å². The highest BCUT2D eigenvalue weighted by molar-refractivity contribution is 6.30. The summed E-state index contributed by atoms with van der Waals surface area (Å²) in [6.07, 6.45) is 0.156. The van der Waals surface area contributed by atoms with E-state index in [1.807, 2.05) is 0 Å². The molecule has 0 unspecified atom stereocenters. The Hall–Kier alpha value is -2.51. The van der Waals surface area contributed by atoms with Crippen LogP contribution in [-0.4, -0.2) is 27.1 Å². The summed E-state index contributed by atoms with van der Waals surface area (Å²) in [6, 6.07) is 9.65. The van der Waals surface area contributed by atoms with E-state index in [2.05, 4.69) is 4.98 Å². The maximum atomic E-state index is 14.3. The van der Waals surface area contributed by atoms with E-state index in [-0.39, 0.29) is 35.6 Å². The lowest BCUT2D eigenvalue weighted by Crippen LogP contribution is -2.13. The summed E-state index contributed by atoms with van der Waals surface area (Å²) in [6.45, 7) is 2.15. The van der Waals surface area contributed by atoms with E-state index >= 15 is 0 Å². The van der Waals surface area contributed by atoms with Gasteiger partial charge in [0.15, 0.2) is 0 Å². The molecule has 148 valence electrons. The molecular formula is C20H19ClF2N2O3. The molecular weight excluding hydrogens is 390 g/mol. The van der Waals surface area contributed by atoms with E-state index in [0.717, 1.165) is 12.5 Å². The van der Waals surface area contributed by atoms with Crippen LogP contribution < -0.4 is 0 Å². The summed E-state index contributed by atoms with van der Waals surface area (Å²) in [5.41, 5.74) is 1.16. The van der Waals surface area contributed by atoms with E-state index < -0.39 is 24.2 Å². The molecule has 0 amide bonds. The molecule has 8 heteroatoms. The number of aliphatic hydroxyl groups excluding tert-OH is 1. The van der Waals surface area contributed by atoms with Crippen molar-refractivity contribution in [3.63, 3.8) is 0 Å². The van der Waals surface area contributed by atoms with Gasteiger partial charge in [-0.2, -0.15) is 8.78 Å². The fourth-order valence-corrected chi connectivity index (χ4v) is 3.20. The van der Waals surface area contributed by atoms with Crippen LogP contribution in [0.15, 0.2) is 36.4 Å². The van der Waals surface area contributed by atoms with E-state index in [4.69, 9.17) is 16.3 Å². The van der Waals surface area contributed by atoms with Crippen molar-refractivity contribution < 1.29 is 23.4 Å². The van der Waals surface area contributed by atoms with E-state index in [1.54, 1.807) is 31.2 Å². The van der Waals surface area contributed by atoms with Gasteiger partial charge >= 0.3 is 5.97 Å². The number of imidazole rings is 1. The quantitative estimate of drug-likeness (QED) is 0.615. The van der Waals surface area contributed by atoms with Crippen molar-refractivity contribution >= 4 is 23.2 Å². The molecule has 1 N–H and O–H groups in total. The highest BCUT2D eigenvalue weighted by Crippen LogP contribution is 2.32. The summed E-state index contributed by atoms with van der Waals surface area (Å²) in [7, 11) is 0. The Morgan fingerprint density at radius 3 is 2.54 bits per heavy atom. The molecule has 2 aromatic heterocycles. The van der Waals surface area contributed by atoms with Crippen molar-refractivity contribution in [3.05, 3.63) is 69.6 Å². The lowest BCUT2D eigenvalue weighted by Gasteiger charge is -2.13. The Bertz CT molecular complexity index is 1010. The van der Waals surface area contributed by atoms with Crippen molar-refractivity contribution in [1.82, 2.24) is 9.38 Å². The third-order valence-corrected chi connectivity index (χ3v) is 4.52. The Morgan fingerprint density at radius 1 is 1.29 bits per heavy atom. The highest BCUT2D eigenvalue weighted by atomic mass is 35.5. The lowest BCUT2D eigenvalue weighted by molar-refractivity contribution is 0.0123. The van der Waals surface area contributed by atoms with Crippen molar-refractivity contribution in [2.24, 2.45) is 0 Å². The number of benzene rings is 1. The number of esters is 1. The van der Waals surface area contributed by atoms with Gasteiger partial charge in [-0.15, -0.1) is 0 Å².